The Morgan fingerprint density at radius 1 is 1.60 bits per heavy atom. The van der Waals surface area contributed by atoms with E-state index in [1.54, 1.807) is 6.20 Å². The Morgan fingerprint density at radius 3 is 2.73 bits per heavy atom. The normalized spacial score (nSPS) is 11.5. The molecule has 0 spiro atoms. The standard InChI is InChI=1S/C11H18N2O2/c1-5-15-10(14)11(2,3)8-9-12-6-7-13(9)4/h6-7H,5,8H2,1-4H3. The zero-order valence-electron chi connectivity index (χ0n) is 9.78. The molecule has 0 aliphatic heterocycles. The molecule has 0 aliphatic rings. The summed E-state index contributed by atoms with van der Waals surface area (Å²) in [5.74, 6) is 0.723. The molecule has 0 aliphatic carbocycles. The Morgan fingerprint density at radius 2 is 2.27 bits per heavy atom. The molecule has 0 aromatic carbocycles. The summed E-state index contributed by atoms with van der Waals surface area (Å²) in [6.07, 6.45) is 4.20. The number of aryl methyl sites for hydroxylation is 1. The lowest BCUT2D eigenvalue weighted by molar-refractivity contribution is -0.153. The zero-order valence-corrected chi connectivity index (χ0v) is 9.78. The van der Waals surface area contributed by atoms with Crippen molar-refractivity contribution in [1.82, 2.24) is 9.55 Å². The van der Waals surface area contributed by atoms with Crippen molar-refractivity contribution in [2.45, 2.75) is 27.2 Å². The Labute approximate surface area is 90.3 Å². The van der Waals surface area contributed by atoms with Gasteiger partial charge in [0.1, 0.15) is 5.82 Å². The number of carbonyl (C=O) groups is 1. The van der Waals surface area contributed by atoms with E-state index in [4.69, 9.17) is 4.74 Å². The van der Waals surface area contributed by atoms with Gasteiger partial charge in [0.15, 0.2) is 0 Å². The van der Waals surface area contributed by atoms with Crippen molar-refractivity contribution < 1.29 is 9.53 Å². The van der Waals surface area contributed by atoms with Crippen LogP contribution < -0.4 is 0 Å². The molecule has 4 nitrogen and oxygen atoms in total. The fourth-order valence-corrected chi connectivity index (χ4v) is 1.36. The summed E-state index contributed by atoms with van der Waals surface area (Å²) in [5.41, 5.74) is -0.519. The average molecular weight is 210 g/mol. The van der Waals surface area contributed by atoms with E-state index in [0.717, 1.165) is 5.82 Å². The van der Waals surface area contributed by atoms with E-state index in [-0.39, 0.29) is 5.97 Å². The Kier molecular flexibility index (Phi) is 3.50. The molecule has 0 bridgehead atoms. The number of carbonyl (C=O) groups excluding carboxylic acids is 1. The topological polar surface area (TPSA) is 44.1 Å². The highest BCUT2D eigenvalue weighted by molar-refractivity contribution is 5.76. The van der Waals surface area contributed by atoms with Crippen LogP contribution in [0, 0.1) is 5.41 Å². The van der Waals surface area contributed by atoms with Crippen LogP contribution in [0.4, 0.5) is 0 Å². The average Bonchev–Trinajstić information content (AvgIpc) is 2.52. The maximum absolute atomic E-state index is 11.6. The van der Waals surface area contributed by atoms with Crippen molar-refractivity contribution >= 4 is 5.97 Å². The van der Waals surface area contributed by atoms with Crippen LogP contribution in [0.25, 0.3) is 0 Å². The summed E-state index contributed by atoms with van der Waals surface area (Å²) in [6, 6.07) is 0. The van der Waals surface area contributed by atoms with Crippen LogP contribution in [0.3, 0.4) is 0 Å². The highest BCUT2D eigenvalue weighted by Gasteiger charge is 2.30. The quantitative estimate of drug-likeness (QED) is 0.708. The maximum Gasteiger partial charge on any atom is 0.311 e. The van der Waals surface area contributed by atoms with Crippen molar-refractivity contribution in [3.63, 3.8) is 0 Å². The number of aromatic nitrogens is 2. The Bertz CT molecular complexity index is 342. The molecule has 1 heterocycles. The fourth-order valence-electron chi connectivity index (χ4n) is 1.36. The minimum Gasteiger partial charge on any atom is -0.466 e. The van der Waals surface area contributed by atoms with Gasteiger partial charge in [-0.15, -0.1) is 0 Å². The number of hydrogen-bond donors (Lipinski definition) is 0. The third-order valence-corrected chi connectivity index (χ3v) is 2.35. The number of rotatable bonds is 4. The van der Waals surface area contributed by atoms with Gasteiger partial charge < -0.3 is 9.30 Å². The summed E-state index contributed by atoms with van der Waals surface area (Å²) < 4.78 is 6.94. The van der Waals surface area contributed by atoms with Gasteiger partial charge in [0, 0.05) is 25.9 Å². The van der Waals surface area contributed by atoms with Gasteiger partial charge in [-0.25, -0.2) is 4.98 Å². The molecule has 0 fully saturated rings. The molecule has 1 aromatic rings. The van der Waals surface area contributed by atoms with Crippen molar-refractivity contribution in [1.29, 1.82) is 0 Å². The predicted octanol–water partition coefficient (Wildman–Crippen LogP) is 1.55. The van der Waals surface area contributed by atoms with Crippen LogP contribution in [-0.2, 0) is 23.0 Å². The summed E-state index contributed by atoms with van der Waals surface area (Å²) in [7, 11) is 1.92. The van der Waals surface area contributed by atoms with E-state index in [0.29, 0.717) is 13.0 Å². The SMILES string of the molecule is CCOC(=O)C(C)(C)Cc1nccn1C. The predicted molar refractivity (Wildman–Crippen MR) is 57.3 cm³/mol. The molecule has 0 N–H and O–H groups in total. The summed E-state index contributed by atoms with van der Waals surface area (Å²) in [4.78, 5) is 15.8. The van der Waals surface area contributed by atoms with Gasteiger partial charge in [0.05, 0.1) is 12.0 Å². The van der Waals surface area contributed by atoms with E-state index in [1.165, 1.54) is 0 Å². The molecular weight excluding hydrogens is 192 g/mol. The Balaban J connectivity index is 2.72. The molecule has 1 rings (SSSR count). The van der Waals surface area contributed by atoms with Gasteiger partial charge in [-0.3, -0.25) is 4.79 Å². The van der Waals surface area contributed by atoms with Gasteiger partial charge in [-0.2, -0.15) is 0 Å². The highest BCUT2D eigenvalue weighted by atomic mass is 16.5. The lowest BCUT2D eigenvalue weighted by atomic mass is 9.89. The monoisotopic (exact) mass is 210 g/mol. The molecule has 0 saturated carbocycles. The van der Waals surface area contributed by atoms with Crippen LogP contribution >= 0.6 is 0 Å². The lowest BCUT2D eigenvalue weighted by Crippen LogP contribution is -2.30. The van der Waals surface area contributed by atoms with Crippen LogP contribution in [0.5, 0.6) is 0 Å². The van der Waals surface area contributed by atoms with Gasteiger partial charge in [0.2, 0.25) is 0 Å². The second-order valence-electron chi connectivity index (χ2n) is 4.24. The first-order valence-corrected chi connectivity index (χ1v) is 5.11. The molecule has 0 saturated heterocycles. The molecule has 0 amide bonds. The van der Waals surface area contributed by atoms with Gasteiger partial charge >= 0.3 is 5.97 Å². The molecule has 0 atom stereocenters. The van der Waals surface area contributed by atoms with Crippen molar-refractivity contribution in [3.8, 4) is 0 Å². The summed E-state index contributed by atoms with van der Waals surface area (Å²) >= 11 is 0. The highest BCUT2D eigenvalue weighted by Crippen LogP contribution is 2.22. The second-order valence-corrected chi connectivity index (χ2v) is 4.24. The summed E-state index contributed by atoms with van der Waals surface area (Å²) in [5, 5.41) is 0. The molecule has 84 valence electrons. The number of hydrogen-bond acceptors (Lipinski definition) is 3. The van der Waals surface area contributed by atoms with E-state index in [1.807, 2.05) is 38.6 Å². The third kappa shape index (κ3) is 2.81. The van der Waals surface area contributed by atoms with Crippen molar-refractivity contribution in [2.75, 3.05) is 6.61 Å². The smallest absolute Gasteiger partial charge is 0.311 e. The number of ether oxygens (including phenoxy) is 1. The van der Waals surface area contributed by atoms with Crippen LogP contribution in [0.1, 0.15) is 26.6 Å². The van der Waals surface area contributed by atoms with Crippen LogP contribution in [0.15, 0.2) is 12.4 Å². The van der Waals surface area contributed by atoms with Crippen LogP contribution in [0.2, 0.25) is 0 Å². The lowest BCUT2D eigenvalue weighted by Gasteiger charge is -2.21. The largest absolute Gasteiger partial charge is 0.466 e. The Hall–Kier alpha value is -1.32. The first-order chi connectivity index (χ1) is 6.97. The molecule has 15 heavy (non-hydrogen) atoms. The van der Waals surface area contributed by atoms with E-state index >= 15 is 0 Å². The zero-order chi connectivity index (χ0) is 11.5. The van der Waals surface area contributed by atoms with Gasteiger partial charge in [-0.05, 0) is 20.8 Å². The number of nitrogens with zero attached hydrogens (tertiary/aromatic N) is 2. The maximum atomic E-state index is 11.6. The molecular formula is C11H18N2O2. The first-order valence-electron chi connectivity index (χ1n) is 5.11. The fraction of sp³-hybridized carbons (Fsp3) is 0.636. The molecule has 0 unspecified atom stereocenters. The third-order valence-electron chi connectivity index (χ3n) is 2.35. The van der Waals surface area contributed by atoms with Crippen molar-refractivity contribution in [2.24, 2.45) is 12.5 Å². The number of imidazole rings is 1. The molecule has 1 aromatic heterocycles. The van der Waals surface area contributed by atoms with Gasteiger partial charge in [-0.1, -0.05) is 0 Å². The second kappa shape index (κ2) is 4.47. The first kappa shape index (κ1) is 11.8. The number of esters is 1. The minimum atomic E-state index is -0.519. The van der Waals surface area contributed by atoms with Crippen LogP contribution in [-0.4, -0.2) is 22.1 Å². The molecule has 0 radical (unpaired) electrons. The van der Waals surface area contributed by atoms with E-state index in [9.17, 15) is 4.79 Å². The van der Waals surface area contributed by atoms with E-state index < -0.39 is 5.41 Å². The van der Waals surface area contributed by atoms with Gasteiger partial charge in [0.25, 0.3) is 0 Å². The minimum absolute atomic E-state index is 0.173. The van der Waals surface area contributed by atoms with Crippen molar-refractivity contribution in [3.05, 3.63) is 18.2 Å². The van der Waals surface area contributed by atoms with E-state index in [2.05, 4.69) is 4.98 Å². The molecule has 4 heteroatoms. The summed E-state index contributed by atoms with van der Waals surface area (Å²) in [6.45, 7) is 5.98.